The number of amides is 2. The Morgan fingerprint density at radius 3 is 2.67 bits per heavy atom. The molecule has 0 saturated carbocycles. The van der Waals surface area contributed by atoms with Gasteiger partial charge in [0.25, 0.3) is 0 Å². The molecule has 1 fully saturated rings. The van der Waals surface area contributed by atoms with Crippen molar-refractivity contribution in [2.75, 3.05) is 26.7 Å². The monoisotopic (exact) mass is 394 g/mol. The second kappa shape index (κ2) is 8.74. The second-order valence-electron chi connectivity index (χ2n) is 7.87. The fourth-order valence-electron chi connectivity index (χ4n) is 3.53. The molecule has 1 saturated heterocycles. The molecule has 7 heteroatoms. The zero-order valence-electron chi connectivity index (χ0n) is 16.1. The van der Waals surface area contributed by atoms with Crippen molar-refractivity contribution in [2.45, 2.75) is 33.1 Å². The SMILES string of the molecule is CN(CC(=O)N1CCCC(C(=O)O)C1)C(=O)C(C)(C)Cc1cccc(Cl)c1. The van der Waals surface area contributed by atoms with Crippen LogP contribution >= 0.6 is 11.6 Å². The van der Waals surface area contributed by atoms with Crippen molar-refractivity contribution >= 4 is 29.4 Å². The lowest BCUT2D eigenvalue weighted by molar-refractivity contribution is -0.149. The van der Waals surface area contributed by atoms with Crippen LogP contribution < -0.4 is 0 Å². The van der Waals surface area contributed by atoms with Crippen LogP contribution in [0, 0.1) is 11.3 Å². The minimum absolute atomic E-state index is 0.0514. The van der Waals surface area contributed by atoms with Gasteiger partial charge in [-0.1, -0.05) is 37.6 Å². The first-order chi connectivity index (χ1) is 12.6. The van der Waals surface area contributed by atoms with E-state index >= 15 is 0 Å². The standard InChI is InChI=1S/C20H27ClN2O4/c1-20(2,11-14-6-4-8-16(21)10-14)19(27)22(3)13-17(24)23-9-5-7-15(12-23)18(25)26/h4,6,8,10,15H,5,7,9,11-13H2,1-3H3,(H,25,26). The highest BCUT2D eigenvalue weighted by atomic mass is 35.5. The van der Waals surface area contributed by atoms with Gasteiger partial charge in [0.1, 0.15) is 0 Å². The average molecular weight is 395 g/mol. The molecule has 0 spiro atoms. The first-order valence-electron chi connectivity index (χ1n) is 9.11. The number of carbonyl (C=O) groups is 3. The predicted molar refractivity (Wildman–Crippen MR) is 104 cm³/mol. The molecule has 27 heavy (non-hydrogen) atoms. The van der Waals surface area contributed by atoms with Gasteiger partial charge in [0, 0.05) is 30.6 Å². The van der Waals surface area contributed by atoms with Gasteiger partial charge >= 0.3 is 5.97 Å². The van der Waals surface area contributed by atoms with Crippen LogP contribution in [0.25, 0.3) is 0 Å². The highest BCUT2D eigenvalue weighted by Crippen LogP contribution is 2.26. The molecule has 2 rings (SSSR count). The summed E-state index contributed by atoms with van der Waals surface area (Å²) >= 11 is 6.02. The molecule has 1 aromatic rings. The van der Waals surface area contributed by atoms with E-state index in [2.05, 4.69) is 0 Å². The van der Waals surface area contributed by atoms with Gasteiger partial charge in [-0.05, 0) is 37.0 Å². The molecule has 1 heterocycles. The van der Waals surface area contributed by atoms with E-state index in [0.29, 0.717) is 30.8 Å². The van der Waals surface area contributed by atoms with E-state index in [-0.39, 0.29) is 24.9 Å². The number of nitrogens with zero attached hydrogens (tertiary/aromatic N) is 2. The summed E-state index contributed by atoms with van der Waals surface area (Å²) < 4.78 is 0. The van der Waals surface area contributed by atoms with E-state index < -0.39 is 17.3 Å². The maximum atomic E-state index is 12.9. The molecule has 0 aliphatic carbocycles. The zero-order valence-corrected chi connectivity index (χ0v) is 16.8. The summed E-state index contributed by atoms with van der Waals surface area (Å²) in [5, 5.41) is 9.78. The fourth-order valence-corrected chi connectivity index (χ4v) is 3.74. The summed E-state index contributed by atoms with van der Waals surface area (Å²) in [7, 11) is 1.61. The van der Waals surface area contributed by atoms with Crippen molar-refractivity contribution in [1.82, 2.24) is 9.80 Å². The third-order valence-electron chi connectivity index (χ3n) is 4.96. The summed E-state index contributed by atoms with van der Waals surface area (Å²) in [6, 6.07) is 7.39. The molecule has 0 bridgehead atoms. The number of likely N-dealkylation sites (tertiary alicyclic amines) is 1. The average Bonchev–Trinajstić information content (AvgIpc) is 2.60. The lowest BCUT2D eigenvalue weighted by atomic mass is 9.84. The summed E-state index contributed by atoms with van der Waals surface area (Å²) in [6.07, 6.45) is 1.76. The Balaban J connectivity index is 1.97. The third kappa shape index (κ3) is 5.70. The Bertz CT molecular complexity index is 720. The second-order valence-corrected chi connectivity index (χ2v) is 8.31. The van der Waals surface area contributed by atoms with Gasteiger partial charge in [0.15, 0.2) is 0 Å². The smallest absolute Gasteiger partial charge is 0.308 e. The molecule has 0 radical (unpaired) electrons. The molecule has 6 nitrogen and oxygen atoms in total. The quantitative estimate of drug-likeness (QED) is 0.804. The van der Waals surface area contributed by atoms with Crippen LogP contribution in [0.5, 0.6) is 0 Å². The molecule has 1 unspecified atom stereocenters. The molecule has 1 aliphatic rings. The molecule has 1 N–H and O–H groups in total. The number of likely N-dealkylation sites (N-methyl/N-ethyl adjacent to an activating group) is 1. The van der Waals surface area contributed by atoms with Gasteiger partial charge in [-0.3, -0.25) is 14.4 Å². The number of hydrogen-bond donors (Lipinski definition) is 1. The Morgan fingerprint density at radius 1 is 1.33 bits per heavy atom. The lowest BCUT2D eigenvalue weighted by Gasteiger charge is -2.34. The maximum absolute atomic E-state index is 12.9. The fraction of sp³-hybridized carbons (Fsp3) is 0.550. The van der Waals surface area contributed by atoms with Gasteiger partial charge in [-0.25, -0.2) is 0 Å². The molecule has 1 aliphatic heterocycles. The number of carbonyl (C=O) groups excluding carboxylic acids is 2. The van der Waals surface area contributed by atoms with Crippen molar-refractivity contribution in [1.29, 1.82) is 0 Å². The van der Waals surface area contributed by atoms with Crippen LogP contribution in [-0.4, -0.2) is 59.4 Å². The number of benzene rings is 1. The van der Waals surface area contributed by atoms with Gasteiger partial charge < -0.3 is 14.9 Å². The Labute approximate surface area is 165 Å². The summed E-state index contributed by atoms with van der Waals surface area (Å²) in [5.74, 6) is -1.75. The largest absolute Gasteiger partial charge is 0.481 e. The number of carboxylic acid groups (broad SMARTS) is 1. The van der Waals surface area contributed by atoms with Crippen LogP contribution in [0.15, 0.2) is 24.3 Å². The predicted octanol–water partition coefficient (Wildman–Crippen LogP) is 2.69. The number of halogens is 1. The molecule has 148 valence electrons. The Morgan fingerprint density at radius 2 is 2.04 bits per heavy atom. The van der Waals surface area contributed by atoms with E-state index in [4.69, 9.17) is 16.7 Å². The molecule has 1 atom stereocenters. The van der Waals surface area contributed by atoms with E-state index in [1.807, 2.05) is 32.0 Å². The number of carboxylic acids is 1. The van der Waals surface area contributed by atoms with Crippen LogP contribution in [0.1, 0.15) is 32.3 Å². The minimum Gasteiger partial charge on any atom is -0.481 e. The van der Waals surface area contributed by atoms with Crippen molar-refractivity contribution in [2.24, 2.45) is 11.3 Å². The summed E-state index contributed by atoms with van der Waals surface area (Å²) in [6.45, 7) is 4.39. The number of aliphatic carboxylic acids is 1. The van der Waals surface area contributed by atoms with Crippen LogP contribution in [-0.2, 0) is 20.8 Å². The van der Waals surface area contributed by atoms with Crippen molar-refractivity contribution in [3.63, 3.8) is 0 Å². The van der Waals surface area contributed by atoms with Gasteiger partial charge in [0.2, 0.25) is 11.8 Å². The van der Waals surface area contributed by atoms with Gasteiger partial charge in [-0.2, -0.15) is 0 Å². The normalized spacial score (nSPS) is 17.5. The molecular weight excluding hydrogens is 368 g/mol. The lowest BCUT2D eigenvalue weighted by Crippen LogP contribution is -2.49. The van der Waals surface area contributed by atoms with Crippen LogP contribution in [0.4, 0.5) is 0 Å². The van der Waals surface area contributed by atoms with E-state index in [0.717, 1.165) is 5.56 Å². The minimum atomic E-state index is -0.875. The zero-order chi connectivity index (χ0) is 20.2. The van der Waals surface area contributed by atoms with Crippen molar-refractivity contribution in [3.05, 3.63) is 34.9 Å². The molecule has 1 aromatic carbocycles. The third-order valence-corrected chi connectivity index (χ3v) is 5.19. The van der Waals surface area contributed by atoms with Crippen LogP contribution in [0.2, 0.25) is 5.02 Å². The maximum Gasteiger partial charge on any atom is 0.308 e. The van der Waals surface area contributed by atoms with Crippen molar-refractivity contribution < 1.29 is 19.5 Å². The van der Waals surface area contributed by atoms with Gasteiger partial charge in [0.05, 0.1) is 12.5 Å². The summed E-state index contributed by atoms with van der Waals surface area (Å²) in [5.41, 5.74) is 0.270. The van der Waals surface area contributed by atoms with Crippen LogP contribution in [0.3, 0.4) is 0 Å². The topological polar surface area (TPSA) is 77.9 Å². The van der Waals surface area contributed by atoms with E-state index in [9.17, 15) is 14.4 Å². The number of hydrogen-bond acceptors (Lipinski definition) is 3. The summed E-state index contributed by atoms with van der Waals surface area (Å²) in [4.78, 5) is 39.6. The highest BCUT2D eigenvalue weighted by Gasteiger charge is 2.33. The van der Waals surface area contributed by atoms with Crippen molar-refractivity contribution in [3.8, 4) is 0 Å². The van der Waals surface area contributed by atoms with E-state index in [1.54, 1.807) is 18.0 Å². The highest BCUT2D eigenvalue weighted by molar-refractivity contribution is 6.30. The Hall–Kier alpha value is -2.08. The number of piperidine rings is 1. The Kier molecular flexibility index (Phi) is 6.87. The molecular formula is C20H27ClN2O4. The first kappa shape index (κ1) is 21.2. The molecule has 0 aromatic heterocycles. The van der Waals surface area contributed by atoms with E-state index in [1.165, 1.54) is 4.90 Å². The molecule has 2 amide bonds. The number of rotatable bonds is 6. The van der Waals surface area contributed by atoms with Gasteiger partial charge in [-0.15, -0.1) is 0 Å². The first-order valence-corrected chi connectivity index (χ1v) is 9.48.